The summed E-state index contributed by atoms with van der Waals surface area (Å²) in [5.41, 5.74) is -0.147. The molecule has 0 fully saturated rings. The minimum absolute atomic E-state index is 0.0483. The Hall–Kier alpha value is -1.69. The third kappa shape index (κ3) is 4.14. The van der Waals surface area contributed by atoms with E-state index in [9.17, 15) is 4.79 Å². The Morgan fingerprint density at radius 3 is 2.67 bits per heavy atom. The van der Waals surface area contributed by atoms with Gasteiger partial charge in [0.1, 0.15) is 5.82 Å². The molecule has 0 aliphatic carbocycles. The zero-order chi connectivity index (χ0) is 15.6. The molecule has 2 heterocycles. The van der Waals surface area contributed by atoms with Gasteiger partial charge in [0.2, 0.25) is 5.82 Å². The molecule has 2 aromatic heterocycles. The van der Waals surface area contributed by atoms with Gasteiger partial charge in [-0.05, 0) is 26.0 Å². The average molecular weight is 306 g/mol. The van der Waals surface area contributed by atoms with E-state index in [1.807, 2.05) is 27.7 Å². The lowest BCUT2D eigenvalue weighted by atomic mass is 9.96. The highest BCUT2D eigenvalue weighted by molar-refractivity contribution is 7.11. The van der Waals surface area contributed by atoms with E-state index in [-0.39, 0.29) is 23.2 Å². The predicted octanol–water partition coefficient (Wildman–Crippen LogP) is 2.83. The highest BCUT2D eigenvalue weighted by Gasteiger charge is 2.22. The number of nitrogens with zero attached hydrogens (tertiary/aromatic N) is 2. The minimum atomic E-state index is -0.234. The van der Waals surface area contributed by atoms with Crippen LogP contribution in [0.2, 0.25) is 0 Å². The monoisotopic (exact) mass is 306 g/mol. The van der Waals surface area contributed by atoms with Crippen LogP contribution in [0.15, 0.2) is 12.1 Å². The summed E-state index contributed by atoms with van der Waals surface area (Å²) in [5.74, 6) is 0.686. The maximum atomic E-state index is 12.1. The van der Waals surface area contributed by atoms with Crippen molar-refractivity contribution < 1.29 is 4.79 Å². The van der Waals surface area contributed by atoms with Crippen LogP contribution in [-0.4, -0.2) is 27.1 Å². The largest absolute Gasteiger partial charge is 0.346 e. The van der Waals surface area contributed by atoms with E-state index in [2.05, 4.69) is 39.6 Å². The summed E-state index contributed by atoms with van der Waals surface area (Å²) >= 11 is 1.76. The number of rotatable bonds is 4. The van der Waals surface area contributed by atoms with E-state index < -0.39 is 0 Å². The Bertz CT molecular complexity index is 624. The summed E-state index contributed by atoms with van der Waals surface area (Å²) in [6.45, 7) is 10.1. The average Bonchev–Trinajstić information content (AvgIpc) is 2.97. The third-order valence-electron chi connectivity index (χ3n) is 3.08. The molecule has 2 N–H and O–H groups in total. The maximum absolute atomic E-state index is 12.1. The molecular formula is C15H22N4OS. The fourth-order valence-corrected chi connectivity index (χ4v) is 2.95. The fourth-order valence-electron chi connectivity index (χ4n) is 1.93. The highest BCUT2D eigenvalue weighted by Crippen LogP contribution is 2.18. The first kappa shape index (κ1) is 15.7. The number of aromatic nitrogens is 3. The molecule has 2 aromatic rings. The number of aromatic amines is 1. The van der Waals surface area contributed by atoms with E-state index in [4.69, 9.17) is 0 Å². The summed E-state index contributed by atoms with van der Waals surface area (Å²) in [7, 11) is 0. The maximum Gasteiger partial charge on any atom is 0.291 e. The molecule has 1 atom stereocenters. The van der Waals surface area contributed by atoms with Crippen molar-refractivity contribution in [3.05, 3.63) is 33.5 Å². The molecule has 0 radical (unpaired) electrons. The van der Waals surface area contributed by atoms with Gasteiger partial charge in [0.15, 0.2) is 0 Å². The lowest BCUT2D eigenvalue weighted by Gasteiger charge is -2.13. The normalized spacial score (nSPS) is 13.2. The number of nitrogens with one attached hydrogen (secondary N) is 2. The van der Waals surface area contributed by atoms with Crippen LogP contribution in [0.25, 0.3) is 0 Å². The molecule has 5 nitrogen and oxygen atoms in total. The summed E-state index contributed by atoms with van der Waals surface area (Å²) in [6.07, 6.45) is 0.820. The van der Waals surface area contributed by atoms with E-state index >= 15 is 0 Å². The smallest absolute Gasteiger partial charge is 0.291 e. The van der Waals surface area contributed by atoms with Gasteiger partial charge >= 0.3 is 0 Å². The number of carbonyl (C=O) groups excluding carboxylic acids is 1. The Kier molecular flexibility index (Phi) is 4.46. The third-order valence-corrected chi connectivity index (χ3v) is 4.10. The van der Waals surface area contributed by atoms with Crippen LogP contribution in [0.3, 0.4) is 0 Å². The van der Waals surface area contributed by atoms with Crippen LogP contribution in [0.4, 0.5) is 0 Å². The van der Waals surface area contributed by atoms with Gasteiger partial charge in [-0.1, -0.05) is 20.8 Å². The van der Waals surface area contributed by atoms with E-state index in [0.29, 0.717) is 5.82 Å². The molecule has 0 aliphatic rings. The molecule has 0 bridgehead atoms. The van der Waals surface area contributed by atoms with Crippen molar-refractivity contribution in [1.82, 2.24) is 20.5 Å². The van der Waals surface area contributed by atoms with Crippen molar-refractivity contribution in [1.29, 1.82) is 0 Å². The summed E-state index contributed by atoms with van der Waals surface area (Å²) in [4.78, 5) is 19.0. The summed E-state index contributed by atoms with van der Waals surface area (Å²) in [6, 6.07) is 4.25. The molecule has 2 rings (SSSR count). The van der Waals surface area contributed by atoms with Gasteiger partial charge in [0, 0.05) is 27.6 Å². The van der Waals surface area contributed by atoms with Gasteiger partial charge in [0.05, 0.1) is 0 Å². The SMILES string of the molecule is Cc1ccc(CC(C)NC(=O)c2n[nH]c(C(C)(C)C)n2)s1. The molecule has 0 aromatic carbocycles. The van der Waals surface area contributed by atoms with Crippen molar-refractivity contribution in [2.75, 3.05) is 0 Å². The molecule has 0 spiro atoms. The predicted molar refractivity (Wildman–Crippen MR) is 84.8 cm³/mol. The molecule has 21 heavy (non-hydrogen) atoms. The first-order valence-electron chi connectivity index (χ1n) is 7.05. The van der Waals surface area contributed by atoms with Gasteiger partial charge < -0.3 is 5.32 Å². The summed E-state index contributed by atoms with van der Waals surface area (Å²) < 4.78 is 0. The first-order valence-corrected chi connectivity index (χ1v) is 7.86. The molecule has 0 aliphatic heterocycles. The first-order chi connectivity index (χ1) is 9.75. The quantitative estimate of drug-likeness (QED) is 0.912. The lowest BCUT2D eigenvalue weighted by molar-refractivity contribution is 0.0930. The number of hydrogen-bond acceptors (Lipinski definition) is 4. The number of amides is 1. The molecule has 1 amide bonds. The zero-order valence-corrected chi connectivity index (χ0v) is 14.0. The summed E-state index contributed by atoms with van der Waals surface area (Å²) in [5, 5.41) is 9.78. The zero-order valence-electron chi connectivity index (χ0n) is 13.2. The molecule has 6 heteroatoms. The number of H-pyrrole nitrogens is 1. The topological polar surface area (TPSA) is 70.7 Å². The van der Waals surface area contributed by atoms with E-state index in [1.165, 1.54) is 9.75 Å². The van der Waals surface area contributed by atoms with E-state index in [0.717, 1.165) is 6.42 Å². The van der Waals surface area contributed by atoms with Crippen molar-refractivity contribution in [3.63, 3.8) is 0 Å². The Morgan fingerprint density at radius 1 is 1.43 bits per heavy atom. The second-order valence-electron chi connectivity index (χ2n) is 6.35. The van der Waals surface area contributed by atoms with Gasteiger partial charge in [0.25, 0.3) is 5.91 Å². The molecule has 1 unspecified atom stereocenters. The van der Waals surface area contributed by atoms with Gasteiger partial charge in [-0.25, -0.2) is 4.98 Å². The van der Waals surface area contributed by atoms with Gasteiger partial charge in [-0.3, -0.25) is 9.89 Å². The second-order valence-corrected chi connectivity index (χ2v) is 7.72. The van der Waals surface area contributed by atoms with Crippen LogP contribution in [-0.2, 0) is 11.8 Å². The van der Waals surface area contributed by atoms with Crippen molar-refractivity contribution in [3.8, 4) is 0 Å². The molecule has 114 valence electrons. The number of carbonyl (C=O) groups is 1. The number of thiophene rings is 1. The van der Waals surface area contributed by atoms with E-state index in [1.54, 1.807) is 11.3 Å². The Balaban J connectivity index is 1.96. The van der Waals surface area contributed by atoms with Crippen LogP contribution in [0.1, 0.15) is 53.9 Å². The minimum Gasteiger partial charge on any atom is -0.346 e. The standard InChI is InChI=1S/C15H22N4OS/c1-9(8-11-7-6-10(2)21-11)16-13(20)12-17-14(19-18-12)15(3,4)5/h6-7,9H,8H2,1-5H3,(H,16,20)(H,17,18,19). The Labute approximate surface area is 129 Å². The van der Waals surface area contributed by atoms with Crippen LogP contribution in [0, 0.1) is 6.92 Å². The van der Waals surface area contributed by atoms with Crippen molar-refractivity contribution in [2.24, 2.45) is 0 Å². The van der Waals surface area contributed by atoms with Crippen LogP contribution < -0.4 is 5.32 Å². The molecule has 0 saturated heterocycles. The fraction of sp³-hybridized carbons (Fsp3) is 0.533. The van der Waals surface area contributed by atoms with Gasteiger partial charge in [-0.2, -0.15) is 0 Å². The van der Waals surface area contributed by atoms with Crippen LogP contribution in [0.5, 0.6) is 0 Å². The van der Waals surface area contributed by atoms with Crippen LogP contribution >= 0.6 is 11.3 Å². The molecule has 0 saturated carbocycles. The second kappa shape index (κ2) is 5.97. The number of aryl methyl sites for hydroxylation is 1. The Morgan fingerprint density at radius 2 is 2.14 bits per heavy atom. The highest BCUT2D eigenvalue weighted by atomic mass is 32.1. The van der Waals surface area contributed by atoms with Gasteiger partial charge in [-0.15, -0.1) is 16.4 Å². The van der Waals surface area contributed by atoms with Crippen molar-refractivity contribution >= 4 is 17.2 Å². The van der Waals surface area contributed by atoms with Crippen molar-refractivity contribution in [2.45, 2.75) is 52.5 Å². The lowest BCUT2D eigenvalue weighted by Crippen LogP contribution is -2.34. The number of hydrogen-bond donors (Lipinski definition) is 2. The molecular weight excluding hydrogens is 284 g/mol.